The molecule has 4 heteroatoms. The molecule has 108 valence electrons. The zero-order chi connectivity index (χ0) is 15.4. The largest absolute Gasteiger partial charge is 0.465 e. The number of benzene rings is 2. The van der Waals surface area contributed by atoms with E-state index in [-0.39, 0.29) is 5.91 Å². The van der Waals surface area contributed by atoms with E-state index in [1.54, 1.807) is 30.3 Å². The van der Waals surface area contributed by atoms with Crippen LogP contribution in [0.2, 0.25) is 0 Å². The van der Waals surface area contributed by atoms with Crippen LogP contribution in [0.4, 0.5) is 5.69 Å². The maximum Gasteiger partial charge on any atom is 0.339 e. The maximum absolute atomic E-state index is 12.4. The van der Waals surface area contributed by atoms with E-state index in [4.69, 9.17) is 4.74 Å². The number of rotatable bonds is 3. The number of nitrogens with one attached hydrogen (secondary N) is 1. The minimum Gasteiger partial charge on any atom is -0.465 e. The molecule has 1 amide bonds. The molecule has 0 aliphatic heterocycles. The summed E-state index contributed by atoms with van der Waals surface area (Å²) in [6, 6.07) is 12.3. The summed E-state index contributed by atoms with van der Waals surface area (Å²) in [5.41, 5.74) is 3.33. The monoisotopic (exact) mass is 283 g/mol. The number of carbonyl (C=O) groups excluding carboxylic acids is 2. The standard InChI is InChI=1S/C17H17NO3/c1-11-7-6-9-13(12(11)2)16(19)18-15-10-5-4-8-14(15)17(20)21-3/h4-10H,1-3H3,(H,18,19). The number of anilines is 1. The van der Waals surface area contributed by atoms with Crippen LogP contribution in [0.25, 0.3) is 0 Å². The van der Waals surface area contributed by atoms with Crippen molar-refractivity contribution in [3.05, 3.63) is 64.7 Å². The quantitative estimate of drug-likeness (QED) is 0.879. The Bertz CT molecular complexity index is 692. The molecule has 0 heterocycles. The predicted octanol–water partition coefficient (Wildman–Crippen LogP) is 3.34. The Morgan fingerprint density at radius 3 is 2.33 bits per heavy atom. The van der Waals surface area contributed by atoms with Gasteiger partial charge in [0.15, 0.2) is 0 Å². The number of ether oxygens (including phenoxy) is 1. The highest BCUT2D eigenvalue weighted by Gasteiger charge is 2.15. The first-order valence-corrected chi connectivity index (χ1v) is 6.59. The number of methoxy groups -OCH3 is 1. The average molecular weight is 283 g/mol. The lowest BCUT2D eigenvalue weighted by molar-refractivity contribution is 0.0602. The van der Waals surface area contributed by atoms with Crippen molar-refractivity contribution in [1.82, 2.24) is 0 Å². The Hall–Kier alpha value is -2.62. The molecule has 0 aromatic heterocycles. The molecule has 2 aromatic carbocycles. The van der Waals surface area contributed by atoms with Crippen molar-refractivity contribution >= 4 is 17.6 Å². The first-order valence-electron chi connectivity index (χ1n) is 6.59. The molecule has 0 spiro atoms. The molecule has 0 radical (unpaired) electrons. The van der Waals surface area contributed by atoms with Crippen molar-refractivity contribution in [3.63, 3.8) is 0 Å². The Morgan fingerprint density at radius 2 is 1.62 bits per heavy atom. The third-order valence-electron chi connectivity index (χ3n) is 3.43. The average Bonchev–Trinajstić information content (AvgIpc) is 2.49. The summed E-state index contributed by atoms with van der Waals surface area (Å²) in [5, 5.41) is 2.77. The smallest absolute Gasteiger partial charge is 0.339 e. The first kappa shape index (κ1) is 14.8. The highest BCUT2D eigenvalue weighted by molar-refractivity contribution is 6.08. The summed E-state index contributed by atoms with van der Waals surface area (Å²) < 4.78 is 4.72. The van der Waals surface area contributed by atoms with Crippen molar-refractivity contribution in [1.29, 1.82) is 0 Å². The highest BCUT2D eigenvalue weighted by atomic mass is 16.5. The summed E-state index contributed by atoms with van der Waals surface area (Å²) in [7, 11) is 1.31. The van der Waals surface area contributed by atoms with Gasteiger partial charge < -0.3 is 10.1 Å². The summed E-state index contributed by atoms with van der Waals surface area (Å²) in [4.78, 5) is 24.1. The van der Waals surface area contributed by atoms with Crippen LogP contribution < -0.4 is 5.32 Å². The van der Waals surface area contributed by atoms with Crippen LogP contribution in [0.5, 0.6) is 0 Å². The number of hydrogen-bond donors (Lipinski definition) is 1. The molecular weight excluding hydrogens is 266 g/mol. The van der Waals surface area contributed by atoms with Gasteiger partial charge in [-0.2, -0.15) is 0 Å². The Morgan fingerprint density at radius 1 is 0.952 bits per heavy atom. The molecule has 21 heavy (non-hydrogen) atoms. The van der Waals surface area contributed by atoms with Crippen LogP contribution in [-0.2, 0) is 4.74 Å². The molecule has 4 nitrogen and oxygen atoms in total. The molecule has 0 aliphatic rings. The second kappa shape index (κ2) is 6.22. The minimum absolute atomic E-state index is 0.243. The van der Waals surface area contributed by atoms with E-state index in [2.05, 4.69) is 5.32 Å². The van der Waals surface area contributed by atoms with Crippen LogP contribution in [-0.4, -0.2) is 19.0 Å². The molecule has 0 unspecified atom stereocenters. The molecule has 0 saturated heterocycles. The predicted molar refractivity (Wildman–Crippen MR) is 81.7 cm³/mol. The van der Waals surface area contributed by atoms with Gasteiger partial charge >= 0.3 is 5.97 Å². The van der Waals surface area contributed by atoms with Gasteiger partial charge in [0.1, 0.15) is 0 Å². The lowest BCUT2D eigenvalue weighted by Gasteiger charge is -2.12. The summed E-state index contributed by atoms with van der Waals surface area (Å²) in [6.07, 6.45) is 0. The second-order valence-electron chi connectivity index (χ2n) is 4.74. The van der Waals surface area contributed by atoms with Gasteiger partial charge in [0.25, 0.3) is 5.91 Å². The molecular formula is C17H17NO3. The van der Waals surface area contributed by atoms with Crippen molar-refractivity contribution in [3.8, 4) is 0 Å². The van der Waals surface area contributed by atoms with Gasteiger partial charge in [0.2, 0.25) is 0 Å². The first-order chi connectivity index (χ1) is 10.0. The van der Waals surface area contributed by atoms with Gasteiger partial charge in [-0.1, -0.05) is 24.3 Å². The fourth-order valence-electron chi connectivity index (χ4n) is 2.07. The van der Waals surface area contributed by atoms with E-state index in [0.717, 1.165) is 11.1 Å². The normalized spacial score (nSPS) is 10.0. The lowest BCUT2D eigenvalue weighted by atomic mass is 10.0. The van der Waals surface area contributed by atoms with Crippen molar-refractivity contribution in [2.45, 2.75) is 13.8 Å². The van der Waals surface area contributed by atoms with E-state index in [0.29, 0.717) is 16.8 Å². The van der Waals surface area contributed by atoms with E-state index in [9.17, 15) is 9.59 Å². The highest BCUT2D eigenvalue weighted by Crippen LogP contribution is 2.19. The molecule has 0 saturated carbocycles. The number of amides is 1. The van der Waals surface area contributed by atoms with Crippen LogP contribution in [0, 0.1) is 13.8 Å². The number of carbonyl (C=O) groups is 2. The number of para-hydroxylation sites is 1. The number of esters is 1. The SMILES string of the molecule is COC(=O)c1ccccc1NC(=O)c1cccc(C)c1C. The molecule has 0 atom stereocenters. The van der Waals surface area contributed by atoms with E-state index in [1.807, 2.05) is 26.0 Å². The van der Waals surface area contributed by atoms with Gasteiger partial charge in [0.05, 0.1) is 18.4 Å². The van der Waals surface area contributed by atoms with Crippen LogP contribution in [0.3, 0.4) is 0 Å². The molecule has 2 rings (SSSR count). The van der Waals surface area contributed by atoms with Gasteiger partial charge in [0, 0.05) is 5.56 Å². The second-order valence-corrected chi connectivity index (χ2v) is 4.74. The third kappa shape index (κ3) is 3.11. The Kier molecular flexibility index (Phi) is 4.38. The van der Waals surface area contributed by atoms with E-state index >= 15 is 0 Å². The Balaban J connectivity index is 2.32. The zero-order valence-electron chi connectivity index (χ0n) is 12.3. The zero-order valence-corrected chi connectivity index (χ0v) is 12.3. The van der Waals surface area contributed by atoms with E-state index in [1.165, 1.54) is 7.11 Å². The molecule has 0 fully saturated rings. The molecule has 0 aliphatic carbocycles. The molecule has 2 aromatic rings. The van der Waals surface area contributed by atoms with E-state index < -0.39 is 5.97 Å². The Labute approximate surface area is 123 Å². The topological polar surface area (TPSA) is 55.4 Å². The summed E-state index contributed by atoms with van der Waals surface area (Å²) in [5.74, 6) is -0.723. The van der Waals surface area contributed by atoms with Crippen molar-refractivity contribution < 1.29 is 14.3 Å². The molecule has 0 bridgehead atoms. The van der Waals surface area contributed by atoms with Gasteiger partial charge in [-0.25, -0.2) is 4.79 Å². The van der Waals surface area contributed by atoms with Crippen molar-refractivity contribution in [2.24, 2.45) is 0 Å². The number of aryl methyl sites for hydroxylation is 1. The summed E-state index contributed by atoms with van der Waals surface area (Å²) >= 11 is 0. The maximum atomic E-state index is 12.4. The lowest BCUT2D eigenvalue weighted by Crippen LogP contribution is -2.16. The fraction of sp³-hybridized carbons (Fsp3) is 0.176. The van der Waals surface area contributed by atoms with Crippen LogP contribution in [0.1, 0.15) is 31.8 Å². The third-order valence-corrected chi connectivity index (χ3v) is 3.43. The number of hydrogen-bond acceptors (Lipinski definition) is 3. The van der Waals surface area contributed by atoms with Gasteiger partial charge in [-0.05, 0) is 43.2 Å². The van der Waals surface area contributed by atoms with Gasteiger partial charge in [-0.3, -0.25) is 4.79 Å². The van der Waals surface area contributed by atoms with Crippen LogP contribution >= 0.6 is 0 Å². The minimum atomic E-state index is -0.480. The van der Waals surface area contributed by atoms with Crippen LogP contribution in [0.15, 0.2) is 42.5 Å². The summed E-state index contributed by atoms with van der Waals surface area (Å²) in [6.45, 7) is 3.85. The van der Waals surface area contributed by atoms with Crippen molar-refractivity contribution in [2.75, 3.05) is 12.4 Å². The molecule has 1 N–H and O–H groups in total. The fourth-order valence-corrected chi connectivity index (χ4v) is 2.07. The van der Waals surface area contributed by atoms with Gasteiger partial charge in [-0.15, -0.1) is 0 Å².